The molecule has 0 spiro atoms. The van der Waals surface area contributed by atoms with Crippen molar-refractivity contribution in [1.82, 2.24) is 15.0 Å². The molecule has 0 aliphatic rings. The van der Waals surface area contributed by atoms with E-state index in [1.807, 2.05) is 19.1 Å². The summed E-state index contributed by atoms with van der Waals surface area (Å²) in [5.74, 6) is -0.277. The zero-order valence-electron chi connectivity index (χ0n) is 12.8. The van der Waals surface area contributed by atoms with Crippen molar-refractivity contribution >= 4 is 15.9 Å². The highest BCUT2D eigenvalue weighted by atomic mass is 32.2. The van der Waals surface area contributed by atoms with Gasteiger partial charge in [0.2, 0.25) is 10.0 Å². The van der Waals surface area contributed by atoms with Crippen molar-refractivity contribution in [3.05, 3.63) is 59.9 Å². The van der Waals surface area contributed by atoms with Crippen molar-refractivity contribution in [3.8, 4) is 0 Å². The molecule has 2 aromatic rings. The zero-order chi connectivity index (χ0) is 16.7. The number of carbonyl (C=O) groups is 1. The van der Waals surface area contributed by atoms with E-state index in [2.05, 4.69) is 15.0 Å². The Morgan fingerprint density at radius 3 is 2.48 bits per heavy atom. The van der Waals surface area contributed by atoms with Gasteiger partial charge >= 0.3 is 0 Å². The largest absolute Gasteiger partial charge is 0.346 e. The highest BCUT2D eigenvalue weighted by molar-refractivity contribution is 7.89. The van der Waals surface area contributed by atoms with E-state index in [-0.39, 0.29) is 10.8 Å². The lowest BCUT2D eigenvalue weighted by Gasteiger charge is -2.07. The number of benzene rings is 1. The molecule has 0 saturated carbocycles. The van der Waals surface area contributed by atoms with Gasteiger partial charge in [-0.05, 0) is 42.8 Å². The maximum Gasteiger partial charge on any atom is 0.251 e. The third kappa shape index (κ3) is 4.87. The van der Waals surface area contributed by atoms with Gasteiger partial charge in [0.1, 0.15) is 0 Å². The predicted molar refractivity (Wildman–Crippen MR) is 87.3 cm³/mol. The number of pyridine rings is 1. The van der Waals surface area contributed by atoms with Crippen LogP contribution in [0.25, 0.3) is 0 Å². The number of carbonyl (C=O) groups excluding carboxylic acids is 1. The number of nitrogens with one attached hydrogen (secondary N) is 2. The Kier molecular flexibility index (Phi) is 5.84. The van der Waals surface area contributed by atoms with Crippen LogP contribution in [0.4, 0.5) is 0 Å². The maximum absolute atomic E-state index is 12.0. The van der Waals surface area contributed by atoms with Gasteiger partial charge in [-0.2, -0.15) is 0 Å². The summed E-state index contributed by atoms with van der Waals surface area (Å²) in [5.41, 5.74) is 1.15. The van der Waals surface area contributed by atoms with E-state index in [0.717, 1.165) is 5.69 Å². The zero-order valence-corrected chi connectivity index (χ0v) is 13.6. The van der Waals surface area contributed by atoms with E-state index >= 15 is 0 Å². The topological polar surface area (TPSA) is 88.2 Å². The number of hydrogen-bond donors (Lipinski definition) is 2. The smallest absolute Gasteiger partial charge is 0.251 e. The molecule has 0 unspecified atom stereocenters. The Labute approximate surface area is 136 Å². The van der Waals surface area contributed by atoms with Crippen LogP contribution in [0.2, 0.25) is 0 Å². The Morgan fingerprint density at radius 1 is 1.13 bits per heavy atom. The number of hydrogen-bond acceptors (Lipinski definition) is 4. The van der Waals surface area contributed by atoms with Crippen molar-refractivity contribution in [2.24, 2.45) is 0 Å². The van der Waals surface area contributed by atoms with E-state index < -0.39 is 10.0 Å². The van der Waals surface area contributed by atoms with Gasteiger partial charge in [-0.3, -0.25) is 9.78 Å². The molecular weight excluding hydrogens is 314 g/mol. The molecule has 122 valence electrons. The molecule has 0 aliphatic heterocycles. The Bertz CT molecular complexity index is 744. The van der Waals surface area contributed by atoms with Crippen LogP contribution in [0.5, 0.6) is 0 Å². The average Bonchev–Trinajstić information content (AvgIpc) is 2.59. The molecule has 6 nitrogen and oxygen atoms in total. The monoisotopic (exact) mass is 333 g/mol. The van der Waals surface area contributed by atoms with Gasteiger partial charge in [0.25, 0.3) is 5.91 Å². The number of nitrogens with zero attached hydrogens (tertiary/aromatic N) is 1. The first kappa shape index (κ1) is 17.1. The molecule has 0 fully saturated rings. The Balaban J connectivity index is 2.00. The van der Waals surface area contributed by atoms with Crippen LogP contribution < -0.4 is 10.0 Å². The molecule has 0 bridgehead atoms. The molecule has 1 amide bonds. The summed E-state index contributed by atoms with van der Waals surface area (Å²) >= 11 is 0. The van der Waals surface area contributed by atoms with E-state index in [4.69, 9.17) is 0 Å². The van der Waals surface area contributed by atoms with Crippen LogP contribution in [-0.4, -0.2) is 25.9 Å². The normalized spacial score (nSPS) is 11.2. The summed E-state index contributed by atoms with van der Waals surface area (Å²) in [5, 5.41) is 2.74. The van der Waals surface area contributed by atoms with E-state index in [1.54, 1.807) is 12.3 Å². The van der Waals surface area contributed by atoms with Crippen molar-refractivity contribution in [2.75, 3.05) is 6.54 Å². The van der Waals surface area contributed by atoms with Crippen LogP contribution >= 0.6 is 0 Å². The van der Waals surface area contributed by atoms with Crippen molar-refractivity contribution in [2.45, 2.75) is 24.8 Å². The Morgan fingerprint density at radius 2 is 1.87 bits per heavy atom. The van der Waals surface area contributed by atoms with Crippen LogP contribution in [0.15, 0.2) is 53.6 Å². The first-order chi connectivity index (χ1) is 11.0. The fourth-order valence-corrected chi connectivity index (χ4v) is 3.01. The summed E-state index contributed by atoms with van der Waals surface area (Å²) in [6, 6.07) is 11.3. The molecule has 7 heteroatoms. The molecule has 1 aromatic carbocycles. The summed E-state index contributed by atoms with van der Waals surface area (Å²) < 4.78 is 26.4. The summed E-state index contributed by atoms with van der Waals surface area (Å²) in [6.07, 6.45) is 2.37. The van der Waals surface area contributed by atoms with Crippen LogP contribution in [-0.2, 0) is 16.6 Å². The van der Waals surface area contributed by atoms with Gasteiger partial charge in [0.15, 0.2) is 0 Å². The molecular formula is C16H19N3O3S. The predicted octanol–water partition coefficient (Wildman–Crippen LogP) is 1.70. The van der Waals surface area contributed by atoms with Crippen LogP contribution in [0, 0.1) is 0 Å². The minimum Gasteiger partial charge on any atom is -0.346 e. The van der Waals surface area contributed by atoms with Crippen LogP contribution in [0.1, 0.15) is 29.4 Å². The minimum atomic E-state index is -3.51. The molecule has 2 rings (SSSR count). The van der Waals surface area contributed by atoms with E-state index in [1.165, 1.54) is 24.3 Å². The molecule has 0 radical (unpaired) electrons. The average molecular weight is 333 g/mol. The maximum atomic E-state index is 12.0. The van der Waals surface area contributed by atoms with Gasteiger partial charge in [-0.25, -0.2) is 13.1 Å². The highest BCUT2D eigenvalue weighted by Crippen LogP contribution is 2.10. The number of aromatic nitrogens is 1. The third-order valence-corrected chi connectivity index (χ3v) is 4.60. The lowest BCUT2D eigenvalue weighted by Crippen LogP contribution is -2.25. The molecule has 0 atom stereocenters. The van der Waals surface area contributed by atoms with Crippen LogP contribution in [0.3, 0.4) is 0 Å². The van der Waals surface area contributed by atoms with E-state index in [9.17, 15) is 13.2 Å². The first-order valence-electron chi connectivity index (χ1n) is 7.31. The van der Waals surface area contributed by atoms with Gasteiger partial charge < -0.3 is 5.32 Å². The Hall–Kier alpha value is -2.25. The van der Waals surface area contributed by atoms with Crippen molar-refractivity contribution < 1.29 is 13.2 Å². The molecule has 0 aliphatic carbocycles. The second-order valence-corrected chi connectivity index (χ2v) is 6.69. The molecule has 23 heavy (non-hydrogen) atoms. The fourth-order valence-electron chi connectivity index (χ4n) is 1.88. The van der Waals surface area contributed by atoms with Crippen molar-refractivity contribution in [1.29, 1.82) is 0 Å². The number of amides is 1. The lowest BCUT2D eigenvalue weighted by atomic mass is 10.2. The number of rotatable bonds is 7. The molecule has 0 saturated heterocycles. The number of sulfonamides is 1. The SMILES string of the molecule is CCCNS(=O)(=O)c1ccc(C(=O)NCc2ccccn2)cc1. The van der Waals surface area contributed by atoms with Gasteiger partial charge in [-0.15, -0.1) is 0 Å². The quantitative estimate of drug-likeness (QED) is 0.807. The fraction of sp³-hybridized carbons (Fsp3) is 0.250. The third-order valence-electron chi connectivity index (χ3n) is 3.13. The van der Waals surface area contributed by atoms with Crippen molar-refractivity contribution in [3.63, 3.8) is 0 Å². The first-order valence-corrected chi connectivity index (χ1v) is 8.79. The summed E-state index contributed by atoms with van der Waals surface area (Å²) in [4.78, 5) is 16.3. The van der Waals surface area contributed by atoms with Gasteiger partial charge in [0.05, 0.1) is 17.1 Å². The van der Waals surface area contributed by atoms with Gasteiger partial charge in [-0.1, -0.05) is 13.0 Å². The van der Waals surface area contributed by atoms with E-state index in [0.29, 0.717) is 25.1 Å². The molecule has 1 heterocycles. The second kappa shape index (κ2) is 7.85. The minimum absolute atomic E-state index is 0.146. The lowest BCUT2D eigenvalue weighted by molar-refractivity contribution is 0.0950. The molecule has 2 N–H and O–H groups in total. The highest BCUT2D eigenvalue weighted by Gasteiger charge is 2.14. The van der Waals surface area contributed by atoms with Gasteiger partial charge in [0, 0.05) is 18.3 Å². The molecule has 1 aromatic heterocycles. The summed E-state index contributed by atoms with van der Waals surface area (Å²) in [6.45, 7) is 2.59. The summed E-state index contributed by atoms with van der Waals surface area (Å²) in [7, 11) is -3.51. The standard InChI is InChI=1S/C16H19N3O3S/c1-2-10-19-23(21,22)15-8-6-13(7-9-15)16(20)18-12-14-5-3-4-11-17-14/h3-9,11,19H,2,10,12H2,1H3,(H,18,20). The second-order valence-electron chi connectivity index (χ2n) is 4.93.